The first-order valence-corrected chi connectivity index (χ1v) is 10.9. The maximum atomic E-state index is 13.4. The Hall–Kier alpha value is -4.11. The van der Waals surface area contributed by atoms with Crippen LogP contribution in [0, 0.1) is 0 Å². The fourth-order valence-electron chi connectivity index (χ4n) is 4.28. The van der Waals surface area contributed by atoms with Gasteiger partial charge in [0, 0.05) is 39.6 Å². The van der Waals surface area contributed by atoms with Crippen molar-refractivity contribution < 1.29 is 4.79 Å². The summed E-state index contributed by atoms with van der Waals surface area (Å²) in [6.45, 7) is 3.05. The molecule has 0 saturated heterocycles. The molecule has 1 N–H and O–H groups in total. The minimum Gasteiger partial charge on any atom is -0.341 e. The topological polar surface area (TPSA) is 34.0 Å². The van der Waals surface area contributed by atoms with Crippen molar-refractivity contribution in [3.8, 4) is 0 Å². The van der Waals surface area contributed by atoms with Crippen molar-refractivity contribution in [3.63, 3.8) is 0 Å². The van der Waals surface area contributed by atoms with Crippen LogP contribution in [0.1, 0.15) is 18.1 Å². The minimum absolute atomic E-state index is 0.126. The predicted molar refractivity (Wildman–Crippen MR) is 135 cm³/mol. The summed E-state index contributed by atoms with van der Waals surface area (Å²) in [5, 5.41) is 5.47. The van der Waals surface area contributed by atoms with Crippen molar-refractivity contribution in [2.75, 3.05) is 5.32 Å². The van der Waals surface area contributed by atoms with Crippen molar-refractivity contribution in [1.82, 2.24) is 4.57 Å². The fourth-order valence-corrected chi connectivity index (χ4v) is 4.28. The Balaban J connectivity index is 1.55. The SMILES string of the molecule is CCn1c2ccccc2c2cc(NC(=O)/C(=C/c3ccccc3)c3ccccc3)ccc21. The first-order chi connectivity index (χ1) is 15.7. The number of benzene rings is 4. The lowest BCUT2D eigenvalue weighted by molar-refractivity contribution is -0.111. The summed E-state index contributed by atoms with van der Waals surface area (Å²) in [4.78, 5) is 13.4. The number of amides is 1. The first kappa shape index (κ1) is 19.8. The van der Waals surface area contributed by atoms with Gasteiger partial charge in [0.15, 0.2) is 0 Å². The van der Waals surface area contributed by atoms with Gasteiger partial charge in [0.2, 0.25) is 0 Å². The van der Waals surface area contributed by atoms with Crippen molar-refractivity contribution in [2.24, 2.45) is 0 Å². The lowest BCUT2D eigenvalue weighted by atomic mass is 10.0. The Morgan fingerprint density at radius 3 is 2.19 bits per heavy atom. The highest BCUT2D eigenvalue weighted by Gasteiger charge is 2.14. The molecule has 1 heterocycles. The van der Waals surface area contributed by atoms with Crippen LogP contribution in [0.15, 0.2) is 103 Å². The second-order valence-corrected chi connectivity index (χ2v) is 7.78. The maximum Gasteiger partial charge on any atom is 0.256 e. The molecule has 5 rings (SSSR count). The highest BCUT2D eigenvalue weighted by atomic mass is 16.1. The van der Waals surface area contributed by atoms with Crippen molar-refractivity contribution in [2.45, 2.75) is 13.5 Å². The number of para-hydroxylation sites is 1. The van der Waals surface area contributed by atoms with Gasteiger partial charge in [-0.3, -0.25) is 4.79 Å². The molecule has 0 spiro atoms. The molecule has 0 saturated carbocycles. The molecule has 1 amide bonds. The molecule has 5 aromatic rings. The van der Waals surface area contributed by atoms with Crippen LogP contribution in [-0.2, 0) is 11.3 Å². The van der Waals surface area contributed by atoms with Gasteiger partial charge in [-0.2, -0.15) is 0 Å². The summed E-state index contributed by atoms with van der Waals surface area (Å²) in [6, 6.07) is 34.3. The summed E-state index contributed by atoms with van der Waals surface area (Å²) in [6.07, 6.45) is 1.94. The third kappa shape index (κ3) is 3.69. The monoisotopic (exact) mass is 416 g/mol. The van der Waals surface area contributed by atoms with E-state index in [0.29, 0.717) is 5.57 Å². The van der Waals surface area contributed by atoms with E-state index in [1.54, 1.807) is 0 Å². The smallest absolute Gasteiger partial charge is 0.256 e. The number of carbonyl (C=O) groups excluding carboxylic acids is 1. The van der Waals surface area contributed by atoms with Crippen molar-refractivity contribution in [3.05, 3.63) is 114 Å². The van der Waals surface area contributed by atoms with Gasteiger partial charge in [0.05, 0.1) is 0 Å². The van der Waals surface area contributed by atoms with Crippen LogP contribution >= 0.6 is 0 Å². The van der Waals surface area contributed by atoms with Crippen LogP contribution in [0.3, 0.4) is 0 Å². The first-order valence-electron chi connectivity index (χ1n) is 10.9. The molecule has 0 fully saturated rings. The van der Waals surface area contributed by atoms with Gasteiger partial charge >= 0.3 is 0 Å². The van der Waals surface area contributed by atoms with E-state index in [0.717, 1.165) is 28.7 Å². The van der Waals surface area contributed by atoms with Crippen LogP contribution < -0.4 is 5.32 Å². The summed E-state index contributed by atoms with van der Waals surface area (Å²) < 4.78 is 2.31. The highest BCUT2D eigenvalue weighted by Crippen LogP contribution is 2.31. The van der Waals surface area contributed by atoms with Gasteiger partial charge in [-0.1, -0.05) is 78.9 Å². The van der Waals surface area contributed by atoms with Gasteiger partial charge in [-0.25, -0.2) is 0 Å². The lowest BCUT2D eigenvalue weighted by Crippen LogP contribution is -2.13. The van der Waals surface area contributed by atoms with Crippen LogP contribution in [0.5, 0.6) is 0 Å². The molecule has 0 bridgehead atoms. The molecular weight excluding hydrogens is 392 g/mol. The highest BCUT2D eigenvalue weighted by molar-refractivity contribution is 6.29. The Morgan fingerprint density at radius 1 is 0.781 bits per heavy atom. The van der Waals surface area contributed by atoms with Gasteiger partial charge in [-0.15, -0.1) is 0 Å². The largest absolute Gasteiger partial charge is 0.341 e. The zero-order valence-corrected chi connectivity index (χ0v) is 18.0. The molecule has 32 heavy (non-hydrogen) atoms. The average molecular weight is 417 g/mol. The van der Waals surface area contributed by atoms with E-state index in [2.05, 4.69) is 53.2 Å². The molecule has 3 heteroatoms. The van der Waals surface area contributed by atoms with E-state index in [9.17, 15) is 4.79 Å². The normalized spacial score (nSPS) is 11.7. The van der Waals surface area contributed by atoms with E-state index in [1.807, 2.05) is 72.8 Å². The molecule has 0 aliphatic heterocycles. The number of rotatable bonds is 5. The third-order valence-electron chi connectivity index (χ3n) is 5.79. The third-order valence-corrected chi connectivity index (χ3v) is 5.79. The average Bonchev–Trinajstić information content (AvgIpc) is 3.16. The Morgan fingerprint density at radius 2 is 1.44 bits per heavy atom. The second kappa shape index (κ2) is 8.56. The zero-order valence-electron chi connectivity index (χ0n) is 18.0. The summed E-state index contributed by atoms with van der Waals surface area (Å²) in [5.41, 5.74) is 5.68. The summed E-state index contributed by atoms with van der Waals surface area (Å²) in [7, 11) is 0. The summed E-state index contributed by atoms with van der Waals surface area (Å²) in [5.74, 6) is -0.126. The Bertz CT molecular complexity index is 1430. The van der Waals surface area contributed by atoms with Gasteiger partial charge in [0.25, 0.3) is 5.91 Å². The van der Waals surface area contributed by atoms with E-state index in [-0.39, 0.29) is 5.91 Å². The number of aryl methyl sites for hydroxylation is 1. The number of carbonyl (C=O) groups is 1. The van der Waals surface area contributed by atoms with Crippen LogP contribution in [-0.4, -0.2) is 10.5 Å². The number of nitrogens with one attached hydrogen (secondary N) is 1. The fraction of sp³-hybridized carbons (Fsp3) is 0.0690. The molecule has 3 nitrogen and oxygen atoms in total. The zero-order chi connectivity index (χ0) is 21.9. The van der Waals surface area contributed by atoms with Gasteiger partial charge in [-0.05, 0) is 48.4 Å². The number of nitrogens with zero attached hydrogens (tertiary/aromatic N) is 1. The summed E-state index contributed by atoms with van der Waals surface area (Å²) >= 11 is 0. The lowest BCUT2D eigenvalue weighted by Gasteiger charge is -2.11. The molecule has 0 aliphatic carbocycles. The standard InChI is InChI=1S/C29H24N2O/c1-2-31-27-16-10-9-15-24(27)26-20-23(17-18-28(26)31)30-29(32)25(22-13-7-4-8-14-22)19-21-11-5-3-6-12-21/h3-20H,2H2,1H3,(H,30,32)/b25-19+. The van der Waals surface area contributed by atoms with E-state index in [4.69, 9.17) is 0 Å². The molecule has 0 unspecified atom stereocenters. The van der Waals surface area contributed by atoms with Crippen molar-refractivity contribution >= 4 is 45.0 Å². The van der Waals surface area contributed by atoms with E-state index < -0.39 is 0 Å². The van der Waals surface area contributed by atoms with Crippen molar-refractivity contribution in [1.29, 1.82) is 0 Å². The van der Waals surface area contributed by atoms with Gasteiger partial charge < -0.3 is 9.88 Å². The van der Waals surface area contributed by atoms with Crippen LogP contribution in [0.2, 0.25) is 0 Å². The van der Waals surface area contributed by atoms with E-state index >= 15 is 0 Å². The number of anilines is 1. The number of fused-ring (bicyclic) bond motifs is 3. The molecule has 4 aromatic carbocycles. The second-order valence-electron chi connectivity index (χ2n) is 7.78. The Labute approximate surface area is 187 Å². The number of aromatic nitrogens is 1. The maximum absolute atomic E-state index is 13.4. The molecular formula is C29H24N2O. The predicted octanol–water partition coefficient (Wildman–Crippen LogP) is 6.99. The molecule has 156 valence electrons. The number of hydrogen-bond acceptors (Lipinski definition) is 1. The minimum atomic E-state index is -0.126. The van der Waals surface area contributed by atoms with Crippen LogP contribution in [0.4, 0.5) is 5.69 Å². The quantitative estimate of drug-likeness (QED) is 0.243. The molecule has 0 radical (unpaired) electrons. The van der Waals surface area contributed by atoms with Gasteiger partial charge in [0.1, 0.15) is 0 Å². The van der Waals surface area contributed by atoms with Crippen LogP contribution in [0.25, 0.3) is 33.5 Å². The number of hydrogen-bond donors (Lipinski definition) is 1. The Kier molecular flexibility index (Phi) is 5.30. The van der Waals surface area contributed by atoms with E-state index in [1.165, 1.54) is 16.4 Å². The molecule has 1 aromatic heterocycles. The molecule has 0 aliphatic rings. The molecule has 0 atom stereocenters.